The van der Waals surface area contributed by atoms with Crippen LogP contribution in [0.3, 0.4) is 0 Å². The summed E-state index contributed by atoms with van der Waals surface area (Å²) in [6, 6.07) is -0.445. The van der Waals surface area contributed by atoms with Gasteiger partial charge in [-0.05, 0) is 47.1 Å². The van der Waals surface area contributed by atoms with Crippen molar-refractivity contribution in [1.29, 1.82) is 0 Å². The average Bonchev–Trinajstić information content (AvgIpc) is 2.59. The van der Waals surface area contributed by atoms with E-state index in [4.69, 9.17) is 0 Å². The minimum atomic E-state index is -0.768. The van der Waals surface area contributed by atoms with E-state index >= 15 is 0 Å². The van der Waals surface area contributed by atoms with Gasteiger partial charge in [0.05, 0.1) is 0 Å². The van der Waals surface area contributed by atoms with Gasteiger partial charge < -0.3 is 20.2 Å². The zero-order valence-electron chi connectivity index (χ0n) is 10.6. The second-order valence-electron chi connectivity index (χ2n) is 4.87. The lowest BCUT2D eigenvalue weighted by atomic mass is 9.91. The molecule has 1 saturated heterocycles. The molecule has 1 fully saturated rings. The molecule has 1 aliphatic rings. The summed E-state index contributed by atoms with van der Waals surface area (Å²) in [6.45, 7) is 2.04. The summed E-state index contributed by atoms with van der Waals surface area (Å²) in [5.74, 6) is -0.343. The summed E-state index contributed by atoms with van der Waals surface area (Å²) in [4.78, 5) is 15.5. The number of aliphatic carboxylic acids is 1. The predicted molar refractivity (Wildman–Crippen MR) is 63.6 cm³/mol. The van der Waals surface area contributed by atoms with Crippen LogP contribution in [0.1, 0.15) is 6.42 Å². The molecule has 94 valence electrons. The van der Waals surface area contributed by atoms with Crippen molar-refractivity contribution in [2.45, 2.75) is 18.5 Å². The summed E-state index contributed by atoms with van der Waals surface area (Å²) in [6.07, 6.45) is 1.07. The number of carboxylic acids is 1. The first-order valence-electron chi connectivity index (χ1n) is 5.72. The number of hydrogen-bond donors (Lipinski definition) is 2. The fraction of sp³-hybridized carbons (Fsp3) is 0.909. The third kappa shape index (κ3) is 2.93. The molecule has 3 atom stereocenters. The molecule has 0 aromatic carbocycles. The van der Waals surface area contributed by atoms with Crippen LogP contribution in [0.15, 0.2) is 0 Å². The second kappa shape index (κ2) is 5.61. The maximum atomic E-state index is 11.2. The van der Waals surface area contributed by atoms with Gasteiger partial charge in [0.1, 0.15) is 6.04 Å². The van der Waals surface area contributed by atoms with E-state index in [1.54, 1.807) is 7.05 Å². The Kier molecular flexibility index (Phi) is 4.70. The molecule has 5 nitrogen and oxygen atoms in total. The van der Waals surface area contributed by atoms with Crippen molar-refractivity contribution in [1.82, 2.24) is 15.1 Å². The van der Waals surface area contributed by atoms with Crippen molar-refractivity contribution in [3.63, 3.8) is 0 Å². The highest BCUT2D eigenvalue weighted by atomic mass is 16.4. The molecule has 0 bridgehead atoms. The molecule has 0 amide bonds. The number of nitrogens with zero attached hydrogens (tertiary/aromatic N) is 2. The van der Waals surface area contributed by atoms with Gasteiger partial charge in [-0.3, -0.25) is 4.79 Å². The van der Waals surface area contributed by atoms with Gasteiger partial charge in [0.15, 0.2) is 0 Å². The van der Waals surface area contributed by atoms with Gasteiger partial charge in [0.25, 0.3) is 0 Å². The molecule has 16 heavy (non-hydrogen) atoms. The quantitative estimate of drug-likeness (QED) is 0.668. The van der Waals surface area contributed by atoms with Crippen molar-refractivity contribution in [2.24, 2.45) is 5.92 Å². The first-order valence-corrected chi connectivity index (χ1v) is 5.72. The second-order valence-corrected chi connectivity index (χ2v) is 4.87. The van der Waals surface area contributed by atoms with Crippen LogP contribution in [0.5, 0.6) is 0 Å². The number of nitrogens with one attached hydrogen (secondary N) is 1. The predicted octanol–water partition coefficient (Wildman–Crippen LogP) is -0.459. The highest BCUT2D eigenvalue weighted by Crippen LogP contribution is 2.23. The van der Waals surface area contributed by atoms with E-state index in [1.165, 1.54) is 0 Å². The summed E-state index contributed by atoms with van der Waals surface area (Å²) in [5, 5.41) is 12.1. The summed E-state index contributed by atoms with van der Waals surface area (Å²) in [7, 11) is 7.71. The fourth-order valence-electron chi connectivity index (χ4n) is 2.68. The third-order valence-corrected chi connectivity index (χ3v) is 3.43. The lowest BCUT2D eigenvalue weighted by molar-refractivity contribution is -0.141. The van der Waals surface area contributed by atoms with Crippen LogP contribution in [0, 0.1) is 5.92 Å². The van der Waals surface area contributed by atoms with E-state index in [9.17, 15) is 9.90 Å². The fourth-order valence-corrected chi connectivity index (χ4v) is 2.68. The SMILES string of the molecule is CNC(C(=O)O)C(C1CCN(C)C1)N(C)C. The Morgan fingerprint density at radius 3 is 2.50 bits per heavy atom. The van der Waals surface area contributed by atoms with E-state index < -0.39 is 12.0 Å². The maximum absolute atomic E-state index is 11.2. The van der Waals surface area contributed by atoms with Gasteiger partial charge in [-0.15, -0.1) is 0 Å². The molecule has 0 aromatic heterocycles. The van der Waals surface area contributed by atoms with Gasteiger partial charge >= 0.3 is 5.97 Å². The van der Waals surface area contributed by atoms with Crippen molar-refractivity contribution in [3.8, 4) is 0 Å². The van der Waals surface area contributed by atoms with E-state index in [0.29, 0.717) is 5.92 Å². The van der Waals surface area contributed by atoms with Crippen LogP contribution in [0.2, 0.25) is 0 Å². The molecule has 2 N–H and O–H groups in total. The number of likely N-dealkylation sites (tertiary alicyclic amines) is 1. The minimum Gasteiger partial charge on any atom is -0.480 e. The molecule has 1 heterocycles. The van der Waals surface area contributed by atoms with E-state index in [-0.39, 0.29) is 6.04 Å². The Morgan fingerprint density at radius 1 is 1.56 bits per heavy atom. The topological polar surface area (TPSA) is 55.8 Å². The molecule has 1 rings (SSSR count). The third-order valence-electron chi connectivity index (χ3n) is 3.43. The Bertz CT molecular complexity index is 245. The molecule has 0 radical (unpaired) electrons. The van der Waals surface area contributed by atoms with E-state index in [1.807, 2.05) is 19.0 Å². The highest BCUT2D eigenvalue weighted by molar-refractivity contribution is 5.74. The van der Waals surface area contributed by atoms with Crippen LogP contribution >= 0.6 is 0 Å². The summed E-state index contributed by atoms with van der Waals surface area (Å²) < 4.78 is 0. The van der Waals surface area contributed by atoms with Gasteiger partial charge in [0, 0.05) is 12.6 Å². The smallest absolute Gasteiger partial charge is 0.322 e. The normalized spacial score (nSPS) is 25.9. The first-order chi connectivity index (χ1) is 7.47. The number of rotatable bonds is 5. The van der Waals surface area contributed by atoms with Crippen LogP contribution in [-0.2, 0) is 4.79 Å². The van der Waals surface area contributed by atoms with Gasteiger partial charge in [-0.2, -0.15) is 0 Å². The summed E-state index contributed by atoms with van der Waals surface area (Å²) >= 11 is 0. The lowest BCUT2D eigenvalue weighted by Gasteiger charge is -2.34. The van der Waals surface area contributed by atoms with Gasteiger partial charge in [-0.1, -0.05) is 0 Å². The first kappa shape index (κ1) is 13.4. The Labute approximate surface area is 97.4 Å². The van der Waals surface area contributed by atoms with E-state index in [0.717, 1.165) is 19.5 Å². The number of hydrogen-bond acceptors (Lipinski definition) is 4. The molecule has 0 aliphatic carbocycles. The van der Waals surface area contributed by atoms with Crippen molar-refractivity contribution < 1.29 is 9.90 Å². The minimum absolute atomic E-state index is 0.0486. The molecule has 0 aromatic rings. The largest absolute Gasteiger partial charge is 0.480 e. The Morgan fingerprint density at radius 2 is 2.19 bits per heavy atom. The molecular weight excluding hydrogens is 206 g/mol. The molecule has 1 aliphatic heterocycles. The maximum Gasteiger partial charge on any atom is 0.322 e. The van der Waals surface area contributed by atoms with Crippen LogP contribution in [-0.4, -0.2) is 74.2 Å². The molecule has 0 spiro atoms. The zero-order valence-corrected chi connectivity index (χ0v) is 10.6. The summed E-state index contributed by atoms with van der Waals surface area (Å²) in [5.41, 5.74) is 0. The van der Waals surface area contributed by atoms with Gasteiger partial charge in [0.2, 0.25) is 0 Å². The average molecular weight is 229 g/mol. The van der Waals surface area contributed by atoms with Crippen LogP contribution in [0.4, 0.5) is 0 Å². The molecule has 3 unspecified atom stereocenters. The molecule has 0 saturated carbocycles. The van der Waals surface area contributed by atoms with Crippen molar-refractivity contribution in [3.05, 3.63) is 0 Å². The molecular formula is C11H23N3O2. The lowest BCUT2D eigenvalue weighted by Crippen LogP contribution is -2.54. The highest BCUT2D eigenvalue weighted by Gasteiger charge is 2.37. The number of carbonyl (C=O) groups is 1. The van der Waals surface area contributed by atoms with Crippen LogP contribution in [0.25, 0.3) is 0 Å². The standard InChI is InChI=1S/C11H23N3O2/c1-12-9(11(15)16)10(13(2)3)8-5-6-14(4)7-8/h8-10,12H,5-7H2,1-4H3,(H,15,16). The zero-order chi connectivity index (χ0) is 12.3. The van der Waals surface area contributed by atoms with Gasteiger partial charge in [-0.25, -0.2) is 0 Å². The van der Waals surface area contributed by atoms with Crippen molar-refractivity contribution in [2.75, 3.05) is 41.3 Å². The molecule has 5 heteroatoms. The Hall–Kier alpha value is -0.650. The Balaban J connectivity index is 2.77. The monoisotopic (exact) mass is 229 g/mol. The number of likely N-dealkylation sites (N-methyl/N-ethyl adjacent to an activating group) is 2. The van der Waals surface area contributed by atoms with Crippen molar-refractivity contribution >= 4 is 5.97 Å². The van der Waals surface area contributed by atoms with E-state index in [2.05, 4.69) is 17.3 Å². The number of carboxylic acid groups (broad SMARTS) is 1. The van der Waals surface area contributed by atoms with Crippen LogP contribution < -0.4 is 5.32 Å².